The van der Waals surface area contributed by atoms with Gasteiger partial charge in [0.25, 0.3) is 0 Å². The highest BCUT2D eigenvalue weighted by molar-refractivity contribution is 5.43. The summed E-state index contributed by atoms with van der Waals surface area (Å²) in [6.07, 6.45) is 1.11. The molecule has 1 nitrogen and oxygen atoms in total. The fourth-order valence-electron chi connectivity index (χ4n) is 3.06. The van der Waals surface area contributed by atoms with E-state index in [1.54, 1.807) is 0 Å². The van der Waals surface area contributed by atoms with Crippen molar-refractivity contribution in [1.82, 2.24) is 0 Å². The Labute approximate surface area is 121 Å². The van der Waals surface area contributed by atoms with Crippen LogP contribution in [0, 0.1) is 0 Å². The van der Waals surface area contributed by atoms with Crippen molar-refractivity contribution in [2.45, 2.75) is 44.6 Å². The van der Waals surface area contributed by atoms with Gasteiger partial charge in [-0.25, -0.2) is 0 Å². The number of hydrogen-bond acceptors (Lipinski definition) is 1. The van der Waals surface area contributed by atoms with E-state index in [1.165, 1.54) is 22.3 Å². The van der Waals surface area contributed by atoms with Crippen molar-refractivity contribution in [3.63, 3.8) is 0 Å². The Bertz CT molecular complexity index is 604. The van der Waals surface area contributed by atoms with E-state index in [4.69, 9.17) is 5.73 Å². The molecule has 0 amide bonds. The second-order valence-electron chi connectivity index (χ2n) is 6.91. The third kappa shape index (κ3) is 2.27. The molecule has 0 fully saturated rings. The van der Waals surface area contributed by atoms with Gasteiger partial charge in [0.2, 0.25) is 0 Å². The molecule has 0 radical (unpaired) electrons. The first-order chi connectivity index (χ1) is 9.47. The molecule has 2 N–H and O–H groups in total. The quantitative estimate of drug-likeness (QED) is 0.859. The van der Waals surface area contributed by atoms with Crippen molar-refractivity contribution >= 4 is 0 Å². The summed E-state index contributed by atoms with van der Waals surface area (Å²) in [6, 6.07) is 17.6. The van der Waals surface area contributed by atoms with Gasteiger partial charge in [0.1, 0.15) is 0 Å². The zero-order chi connectivity index (χ0) is 14.3. The van der Waals surface area contributed by atoms with Crippen molar-refractivity contribution in [3.05, 3.63) is 70.8 Å². The van der Waals surface area contributed by atoms with Crippen molar-refractivity contribution in [2.75, 3.05) is 0 Å². The van der Waals surface area contributed by atoms with Crippen LogP contribution in [0.25, 0.3) is 0 Å². The lowest BCUT2D eigenvalue weighted by Gasteiger charge is -2.35. The second-order valence-corrected chi connectivity index (χ2v) is 6.91. The first kappa shape index (κ1) is 13.4. The molecule has 0 saturated carbocycles. The monoisotopic (exact) mass is 265 g/mol. The summed E-state index contributed by atoms with van der Waals surface area (Å²) in [4.78, 5) is 0. The molecular weight excluding hydrogens is 242 g/mol. The summed E-state index contributed by atoms with van der Waals surface area (Å²) < 4.78 is 0. The van der Waals surface area contributed by atoms with Crippen molar-refractivity contribution < 1.29 is 0 Å². The minimum absolute atomic E-state index is 0.110. The maximum atomic E-state index is 6.47. The van der Waals surface area contributed by atoms with Crippen LogP contribution in [0.4, 0.5) is 0 Å². The van der Waals surface area contributed by atoms with E-state index < -0.39 is 0 Å². The van der Waals surface area contributed by atoms with Crippen LogP contribution in [0.15, 0.2) is 48.5 Å². The lowest BCUT2D eigenvalue weighted by molar-refractivity contribution is 0.499. The highest BCUT2D eigenvalue weighted by Crippen LogP contribution is 2.42. The zero-order valence-electron chi connectivity index (χ0n) is 12.6. The number of hydrogen-bond donors (Lipinski definition) is 1. The minimum atomic E-state index is 0.110. The predicted octanol–water partition coefficient (Wildman–Crippen LogP) is 4.32. The molecule has 0 saturated heterocycles. The summed E-state index contributed by atoms with van der Waals surface area (Å²) >= 11 is 0. The largest absolute Gasteiger partial charge is 0.323 e. The van der Waals surface area contributed by atoms with Gasteiger partial charge in [0.05, 0.1) is 0 Å². The Morgan fingerprint density at radius 3 is 2.25 bits per heavy atom. The van der Waals surface area contributed by atoms with Crippen LogP contribution in [-0.4, -0.2) is 0 Å². The average Bonchev–Trinajstić information content (AvgIpc) is 2.39. The summed E-state index contributed by atoms with van der Waals surface area (Å²) in [7, 11) is 0. The van der Waals surface area contributed by atoms with E-state index in [0.29, 0.717) is 5.92 Å². The molecule has 2 aromatic rings. The standard InChI is InChI=1S/C19H23N/c1-19(2,3)15-10-8-13(9-11-15)18(20)17-12-14-6-4-5-7-16(14)17/h4-11,17-18H,12,20H2,1-3H3. The number of nitrogens with two attached hydrogens (primary N) is 1. The van der Waals surface area contributed by atoms with Crippen molar-refractivity contribution in [1.29, 1.82) is 0 Å². The van der Waals surface area contributed by atoms with E-state index in [2.05, 4.69) is 69.3 Å². The zero-order valence-corrected chi connectivity index (χ0v) is 12.6. The fourth-order valence-corrected chi connectivity index (χ4v) is 3.06. The van der Waals surface area contributed by atoms with Gasteiger partial charge >= 0.3 is 0 Å². The Morgan fingerprint density at radius 2 is 1.65 bits per heavy atom. The van der Waals surface area contributed by atoms with Crippen LogP contribution in [0.3, 0.4) is 0 Å². The molecule has 2 aromatic carbocycles. The van der Waals surface area contributed by atoms with Crippen molar-refractivity contribution in [2.24, 2.45) is 5.73 Å². The lowest BCUT2D eigenvalue weighted by atomic mass is 9.72. The van der Waals surface area contributed by atoms with Crippen molar-refractivity contribution in [3.8, 4) is 0 Å². The smallest absolute Gasteiger partial charge is 0.0367 e. The summed E-state index contributed by atoms with van der Waals surface area (Å²) in [5.74, 6) is 0.478. The topological polar surface area (TPSA) is 26.0 Å². The van der Waals surface area contributed by atoms with Gasteiger partial charge < -0.3 is 5.73 Å². The molecule has 1 aliphatic carbocycles. The summed E-state index contributed by atoms with van der Waals surface area (Å²) in [5, 5.41) is 0. The van der Waals surface area contributed by atoms with Gasteiger partial charge in [0.15, 0.2) is 0 Å². The number of fused-ring (bicyclic) bond motifs is 1. The van der Waals surface area contributed by atoms with E-state index in [0.717, 1.165) is 6.42 Å². The maximum Gasteiger partial charge on any atom is 0.0367 e. The average molecular weight is 265 g/mol. The SMILES string of the molecule is CC(C)(C)c1ccc(C(N)C2Cc3ccccc32)cc1. The van der Waals surface area contributed by atoms with Gasteiger partial charge in [-0.15, -0.1) is 0 Å². The van der Waals surface area contributed by atoms with Crippen LogP contribution in [0.2, 0.25) is 0 Å². The van der Waals surface area contributed by atoms with Gasteiger partial charge in [-0.05, 0) is 34.1 Å². The molecule has 0 spiro atoms. The van der Waals surface area contributed by atoms with E-state index >= 15 is 0 Å². The molecule has 0 bridgehead atoms. The van der Waals surface area contributed by atoms with Crippen LogP contribution >= 0.6 is 0 Å². The van der Waals surface area contributed by atoms with E-state index in [-0.39, 0.29) is 11.5 Å². The predicted molar refractivity (Wildman–Crippen MR) is 85.0 cm³/mol. The molecule has 0 aliphatic heterocycles. The first-order valence-electron chi connectivity index (χ1n) is 7.40. The van der Waals surface area contributed by atoms with Gasteiger partial charge in [-0.3, -0.25) is 0 Å². The minimum Gasteiger partial charge on any atom is -0.323 e. The molecule has 2 atom stereocenters. The Morgan fingerprint density at radius 1 is 1.00 bits per heavy atom. The third-order valence-electron chi connectivity index (χ3n) is 4.49. The number of rotatable bonds is 2. The molecule has 0 aromatic heterocycles. The molecule has 3 rings (SSSR count). The summed E-state index contributed by atoms with van der Waals surface area (Å²) in [6.45, 7) is 6.72. The second kappa shape index (κ2) is 4.75. The summed E-state index contributed by atoms with van der Waals surface area (Å²) in [5.41, 5.74) is 12.2. The van der Waals surface area contributed by atoms with Gasteiger partial charge in [-0.2, -0.15) is 0 Å². The van der Waals surface area contributed by atoms with Gasteiger partial charge in [0, 0.05) is 12.0 Å². The van der Waals surface area contributed by atoms with Gasteiger partial charge in [-0.1, -0.05) is 69.3 Å². The molecule has 1 aliphatic rings. The van der Waals surface area contributed by atoms with Crippen LogP contribution in [0.1, 0.15) is 55.0 Å². The molecule has 0 heterocycles. The molecule has 104 valence electrons. The maximum absolute atomic E-state index is 6.47. The number of benzene rings is 2. The van der Waals surface area contributed by atoms with Crippen LogP contribution in [-0.2, 0) is 11.8 Å². The van der Waals surface area contributed by atoms with E-state index in [1.807, 2.05) is 0 Å². The Kier molecular flexibility index (Phi) is 3.18. The van der Waals surface area contributed by atoms with Crippen LogP contribution in [0.5, 0.6) is 0 Å². The van der Waals surface area contributed by atoms with Crippen LogP contribution < -0.4 is 5.73 Å². The Balaban J connectivity index is 1.81. The molecular formula is C19H23N. The highest BCUT2D eigenvalue weighted by atomic mass is 14.7. The molecule has 1 heteroatoms. The molecule has 20 heavy (non-hydrogen) atoms. The Hall–Kier alpha value is -1.60. The normalized spacial score (nSPS) is 19.1. The molecule has 2 unspecified atom stereocenters. The highest BCUT2D eigenvalue weighted by Gasteiger charge is 2.31. The first-order valence-corrected chi connectivity index (χ1v) is 7.40. The van der Waals surface area contributed by atoms with E-state index in [9.17, 15) is 0 Å². The third-order valence-corrected chi connectivity index (χ3v) is 4.49. The lowest BCUT2D eigenvalue weighted by Crippen LogP contribution is -2.29. The fraction of sp³-hybridized carbons (Fsp3) is 0.368.